The van der Waals surface area contributed by atoms with Gasteiger partial charge in [-0.3, -0.25) is 4.79 Å². The fourth-order valence-electron chi connectivity index (χ4n) is 2.33. The molecule has 0 aliphatic carbocycles. The zero-order chi connectivity index (χ0) is 19.5. The van der Waals surface area contributed by atoms with E-state index in [1.54, 1.807) is 0 Å². The van der Waals surface area contributed by atoms with E-state index in [1.165, 1.54) is 0 Å². The Bertz CT molecular complexity index is 707. The third-order valence-electron chi connectivity index (χ3n) is 3.86. The molecule has 0 fully saturated rings. The zero-order valence-electron chi connectivity index (χ0n) is 14.8. The molecule has 2 unspecified atom stereocenters. The first-order valence-corrected chi connectivity index (χ1v) is 8.53. The second kappa shape index (κ2) is 10.9. The van der Waals surface area contributed by atoms with Crippen molar-refractivity contribution in [1.82, 2.24) is 5.32 Å². The van der Waals surface area contributed by atoms with Crippen LogP contribution in [-0.4, -0.2) is 41.5 Å². The average molecular weight is 373 g/mol. The fraction of sp³-hybridized carbons (Fsp3) is 0.300. The highest BCUT2D eigenvalue weighted by Crippen LogP contribution is 2.08. The summed E-state index contributed by atoms with van der Waals surface area (Å²) in [5.74, 6) is -2.36. The van der Waals surface area contributed by atoms with E-state index in [-0.39, 0.29) is 26.4 Å². The highest BCUT2D eigenvalue weighted by atomic mass is 16.5. The molecule has 1 amide bonds. The van der Waals surface area contributed by atoms with Gasteiger partial charge in [-0.2, -0.15) is 0 Å². The Hall–Kier alpha value is -2.90. The van der Waals surface area contributed by atoms with Gasteiger partial charge in [0.2, 0.25) is 0 Å². The van der Waals surface area contributed by atoms with Gasteiger partial charge in [-0.1, -0.05) is 60.7 Å². The topological polar surface area (TPSA) is 105 Å². The number of ether oxygens (including phenoxy) is 2. The molecular formula is C20H23NO6. The molecule has 7 nitrogen and oxygen atoms in total. The van der Waals surface area contributed by atoms with Crippen LogP contribution in [0.5, 0.6) is 0 Å². The molecule has 0 heterocycles. The number of rotatable bonds is 10. The summed E-state index contributed by atoms with van der Waals surface area (Å²) in [6, 6.07) is 18.4. The standard InChI is InChI=1S/C20H23NO6/c22-18(11-21-20(25)27-13-16-9-5-2-6-10-16)17(19(23)24)14-26-12-15-7-3-1-4-8-15/h1-10,17-18,22H,11-14H2,(H,21,25)(H,23,24). The Labute approximate surface area is 157 Å². The zero-order valence-corrected chi connectivity index (χ0v) is 14.8. The molecule has 0 aliphatic rings. The molecule has 144 valence electrons. The van der Waals surface area contributed by atoms with Gasteiger partial charge in [0.15, 0.2) is 0 Å². The first-order chi connectivity index (χ1) is 13.1. The van der Waals surface area contributed by atoms with Gasteiger partial charge in [0.1, 0.15) is 12.5 Å². The van der Waals surface area contributed by atoms with Crippen molar-refractivity contribution in [1.29, 1.82) is 0 Å². The van der Waals surface area contributed by atoms with E-state index in [9.17, 15) is 19.8 Å². The molecule has 7 heteroatoms. The number of amides is 1. The van der Waals surface area contributed by atoms with Gasteiger partial charge in [0.05, 0.1) is 19.3 Å². The van der Waals surface area contributed by atoms with Crippen molar-refractivity contribution in [2.75, 3.05) is 13.2 Å². The van der Waals surface area contributed by atoms with Crippen molar-refractivity contribution in [3.05, 3.63) is 71.8 Å². The lowest BCUT2D eigenvalue weighted by molar-refractivity contribution is -0.149. The summed E-state index contributed by atoms with van der Waals surface area (Å²) in [7, 11) is 0. The van der Waals surface area contributed by atoms with Crippen LogP contribution in [0, 0.1) is 5.92 Å². The minimum absolute atomic E-state index is 0.0886. The van der Waals surface area contributed by atoms with Crippen LogP contribution in [0.1, 0.15) is 11.1 Å². The lowest BCUT2D eigenvalue weighted by Gasteiger charge is -2.19. The van der Waals surface area contributed by atoms with Crippen LogP contribution >= 0.6 is 0 Å². The van der Waals surface area contributed by atoms with Crippen LogP contribution in [0.4, 0.5) is 4.79 Å². The number of carboxylic acids is 1. The van der Waals surface area contributed by atoms with E-state index < -0.39 is 24.1 Å². The molecule has 27 heavy (non-hydrogen) atoms. The maximum Gasteiger partial charge on any atom is 0.407 e. The van der Waals surface area contributed by atoms with Crippen LogP contribution in [-0.2, 0) is 27.5 Å². The van der Waals surface area contributed by atoms with Crippen molar-refractivity contribution in [3.63, 3.8) is 0 Å². The monoisotopic (exact) mass is 373 g/mol. The Morgan fingerprint density at radius 1 is 0.926 bits per heavy atom. The number of hydrogen-bond acceptors (Lipinski definition) is 5. The molecule has 0 aromatic heterocycles. The quantitative estimate of drug-likeness (QED) is 0.590. The molecule has 0 saturated heterocycles. The molecule has 0 spiro atoms. The fourth-order valence-corrected chi connectivity index (χ4v) is 2.33. The number of carboxylic acid groups (broad SMARTS) is 1. The third kappa shape index (κ3) is 7.47. The third-order valence-corrected chi connectivity index (χ3v) is 3.86. The van der Waals surface area contributed by atoms with Crippen LogP contribution in [0.2, 0.25) is 0 Å². The second-order valence-corrected chi connectivity index (χ2v) is 5.96. The molecule has 0 bridgehead atoms. The number of aliphatic carboxylic acids is 1. The van der Waals surface area contributed by atoms with Crippen LogP contribution in [0.25, 0.3) is 0 Å². The largest absolute Gasteiger partial charge is 0.481 e. The smallest absolute Gasteiger partial charge is 0.407 e. The van der Waals surface area contributed by atoms with Crippen LogP contribution in [0.3, 0.4) is 0 Å². The van der Waals surface area contributed by atoms with Crippen molar-refractivity contribution in [2.45, 2.75) is 19.3 Å². The molecule has 0 saturated carbocycles. The summed E-state index contributed by atoms with van der Waals surface area (Å²) < 4.78 is 10.4. The van der Waals surface area contributed by atoms with Gasteiger partial charge >= 0.3 is 12.1 Å². The Morgan fingerprint density at radius 3 is 2.04 bits per heavy atom. The molecule has 3 N–H and O–H groups in total. The van der Waals surface area contributed by atoms with Gasteiger partial charge in [-0.05, 0) is 11.1 Å². The van der Waals surface area contributed by atoms with Gasteiger partial charge < -0.3 is 25.0 Å². The predicted octanol–water partition coefficient (Wildman–Crippen LogP) is 2.19. The number of nitrogens with one attached hydrogen (secondary N) is 1. The van der Waals surface area contributed by atoms with Gasteiger partial charge in [0.25, 0.3) is 0 Å². The minimum Gasteiger partial charge on any atom is -0.481 e. The maximum absolute atomic E-state index is 11.7. The second-order valence-electron chi connectivity index (χ2n) is 5.96. The molecular weight excluding hydrogens is 350 g/mol. The lowest BCUT2D eigenvalue weighted by atomic mass is 10.0. The van der Waals surface area contributed by atoms with E-state index >= 15 is 0 Å². The summed E-state index contributed by atoms with van der Waals surface area (Å²) in [6.45, 7) is -0.0966. The van der Waals surface area contributed by atoms with Gasteiger partial charge in [-0.15, -0.1) is 0 Å². The molecule has 0 aliphatic heterocycles. The number of alkyl carbamates (subject to hydrolysis) is 1. The number of carbonyl (C=O) groups excluding carboxylic acids is 1. The molecule has 2 aromatic rings. The molecule has 2 atom stereocenters. The van der Waals surface area contributed by atoms with E-state index in [2.05, 4.69) is 5.32 Å². The summed E-state index contributed by atoms with van der Waals surface area (Å²) in [5.41, 5.74) is 1.73. The Morgan fingerprint density at radius 2 is 1.48 bits per heavy atom. The predicted molar refractivity (Wildman–Crippen MR) is 97.9 cm³/mol. The summed E-state index contributed by atoms with van der Waals surface area (Å²) in [4.78, 5) is 23.0. The highest BCUT2D eigenvalue weighted by Gasteiger charge is 2.27. The van der Waals surface area contributed by atoms with Gasteiger partial charge in [-0.25, -0.2) is 4.79 Å². The van der Waals surface area contributed by atoms with Crippen molar-refractivity contribution < 1.29 is 29.3 Å². The van der Waals surface area contributed by atoms with Crippen molar-refractivity contribution in [3.8, 4) is 0 Å². The molecule has 2 aromatic carbocycles. The van der Waals surface area contributed by atoms with Crippen molar-refractivity contribution in [2.24, 2.45) is 5.92 Å². The summed E-state index contributed by atoms with van der Waals surface area (Å²) >= 11 is 0. The summed E-state index contributed by atoms with van der Waals surface area (Å²) in [6.07, 6.45) is -2.03. The van der Waals surface area contributed by atoms with E-state index in [1.807, 2.05) is 60.7 Å². The molecule has 2 rings (SSSR count). The first-order valence-electron chi connectivity index (χ1n) is 8.53. The maximum atomic E-state index is 11.7. The number of carbonyl (C=O) groups is 2. The minimum atomic E-state index is -1.30. The highest BCUT2D eigenvalue weighted by molar-refractivity contribution is 5.71. The molecule has 0 radical (unpaired) electrons. The number of hydrogen-bond donors (Lipinski definition) is 3. The Balaban J connectivity index is 1.72. The normalized spacial score (nSPS) is 12.8. The SMILES string of the molecule is O=C(NCC(O)C(COCc1ccccc1)C(=O)O)OCc1ccccc1. The van der Waals surface area contributed by atoms with E-state index in [0.29, 0.717) is 0 Å². The van der Waals surface area contributed by atoms with Crippen LogP contribution < -0.4 is 5.32 Å². The van der Waals surface area contributed by atoms with Gasteiger partial charge in [0, 0.05) is 6.54 Å². The van der Waals surface area contributed by atoms with E-state index in [4.69, 9.17) is 9.47 Å². The Kier molecular flexibility index (Phi) is 8.28. The first kappa shape index (κ1) is 20.4. The van der Waals surface area contributed by atoms with E-state index in [0.717, 1.165) is 11.1 Å². The summed E-state index contributed by atoms with van der Waals surface area (Å²) in [5, 5.41) is 21.7. The lowest BCUT2D eigenvalue weighted by Crippen LogP contribution is -2.41. The number of benzene rings is 2. The number of aliphatic hydroxyl groups excluding tert-OH is 1. The number of aliphatic hydroxyl groups is 1. The average Bonchev–Trinajstić information content (AvgIpc) is 2.69. The van der Waals surface area contributed by atoms with Crippen LogP contribution in [0.15, 0.2) is 60.7 Å². The van der Waals surface area contributed by atoms with Crippen molar-refractivity contribution >= 4 is 12.1 Å².